The number of benzene rings is 1. The zero-order chi connectivity index (χ0) is 15.1. The van der Waals surface area contributed by atoms with Crippen LogP contribution in [0.1, 0.15) is 31.0 Å². The molecule has 0 saturated carbocycles. The Bertz CT molecular complexity index is 540. The molecule has 1 heterocycles. The van der Waals surface area contributed by atoms with Crippen molar-refractivity contribution in [3.05, 3.63) is 35.1 Å². The van der Waals surface area contributed by atoms with Crippen LogP contribution in [0.2, 0.25) is 0 Å². The molecule has 7 heteroatoms. The Morgan fingerprint density at radius 3 is 2.60 bits per heavy atom. The second kappa shape index (κ2) is 4.64. The van der Waals surface area contributed by atoms with Crippen molar-refractivity contribution >= 4 is 6.09 Å². The van der Waals surface area contributed by atoms with Gasteiger partial charge in [0.2, 0.25) is 0 Å². The Hall–Kier alpha value is -1.79. The molecule has 1 aromatic carbocycles. The van der Waals surface area contributed by atoms with Crippen molar-refractivity contribution in [3.63, 3.8) is 0 Å². The summed E-state index contributed by atoms with van der Waals surface area (Å²) in [5.74, 6) is -0.793. The van der Waals surface area contributed by atoms with Crippen LogP contribution in [0, 0.1) is 11.2 Å². The maximum absolute atomic E-state index is 13.9. The molecule has 0 aromatic heterocycles. The minimum atomic E-state index is -4.57. The number of halogens is 4. The highest BCUT2D eigenvalue weighted by atomic mass is 19.4. The number of amides is 1. The number of alkyl halides is 3. The quantitative estimate of drug-likeness (QED) is 0.802. The molecule has 1 fully saturated rings. The van der Waals surface area contributed by atoms with Gasteiger partial charge in [-0.2, -0.15) is 13.2 Å². The molecule has 1 aliphatic rings. The van der Waals surface area contributed by atoms with E-state index in [4.69, 9.17) is 4.74 Å². The summed E-state index contributed by atoms with van der Waals surface area (Å²) < 4.78 is 56.7. The first-order valence-corrected chi connectivity index (χ1v) is 5.91. The second-order valence-electron chi connectivity index (χ2n) is 5.38. The van der Waals surface area contributed by atoms with E-state index in [1.165, 1.54) is 0 Å². The monoisotopic (exact) mass is 291 g/mol. The first-order chi connectivity index (χ1) is 9.11. The van der Waals surface area contributed by atoms with E-state index in [0.717, 1.165) is 12.1 Å². The molecular weight excluding hydrogens is 278 g/mol. The molecule has 1 aliphatic heterocycles. The van der Waals surface area contributed by atoms with Gasteiger partial charge in [-0.15, -0.1) is 0 Å². The molecule has 1 N–H and O–H groups in total. The van der Waals surface area contributed by atoms with Crippen LogP contribution in [0.15, 0.2) is 18.2 Å². The lowest BCUT2D eigenvalue weighted by Crippen LogP contribution is -2.47. The molecule has 20 heavy (non-hydrogen) atoms. The third kappa shape index (κ3) is 2.71. The number of carbonyl (C=O) groups excluding carboxylic acids is 1. The van der Waals surface area contributed by atoms with Crippen molar-refractivity contribution < 1.29 is 27.1 Å². The van der Waals surface area contributed by atoms with Gasteiger partial charge in [-0.1, -0.05) is 13.8 Å². The maximum atomic E-state index is 13.9. The number of cyclic esters (lactones) is 1. The van der Waals surface area contributed by atoms with Crippen molar-refractivity contribution in [3.8, 4) is 0 Å². The third-order valence-electron chi connectivity index (χ3n) is 3.25. The Morgan fingerprint density at radius 1 is 1.35 bits per heavy atom. The number of nitrogens with one attached hydrogen (secondary N) is 1. The third-order valence-corrected chi connectivity index (χ3v) is 3.25. The van der Waals surface area contributed by atoms with E-state index in [1.807, 2.05) is 0 Å². The van der Waals surface area contributed by atoms with Crippen LogP contribution in [0.25, 0.3) is 0 Å². The van der Waals surface area contributed by atoms with E-state index in [-0.39, 0.29) is 12.2 Å². The summed E-state index contributed by atoms with van der Waals surface area (Å²) in [6.07, 6.45) is -5.34. The van der Waals surface area contributed by atoms with Crippen LogP contribution in [0.5, 0.6) is 0 Å². The molecule has 2 rings (SSSR count). The van der Waals surface area contributed by atoms with E-state index in [1.54, 1.807) is 13.8 Å². The van der Waals surface area contributed by atoms with E-state index < -0.39 is 35.1 Å². The summed E-state index contributed by atoms with van der Waals surface area (Å²) in [6, 6.07) is 1.28. The molecule has 0 unspecified atom stereocenters. The number of hydrogen-bond donors (Lipinski definition) is 1. The lowest BCUT2D eigenvalue weighted by Gasteiger charge is -2.38. The average molecular weight is 291 g/mol. The smallest absolute Gasteiger partial charge is 0.416 e. The molecule has 0 radical (unpaired) electrons. The first-order valence-electron chi connectivity index (χ1n) is 5.91. The maximum Gasteiger partial charge on any atom is 0.416 e. The van der Waals surface area contributed by atoms with Gasteiger partial charge in [-0.25, -0.2) is 9.18 Å². The highest BCUT2D eigenvalue weighted by Crippen LogP contribution is 2.39. The number of rotatable bonds is 1. The van der Waals surface area contributed by atoms with Crippen LogP contribution < -0.4 is 5.32 Å². The van der Waals surface area contributed by atoms with Crippen LogP contribution in [0.3, 0.4) is 0 Å². The van der Waals surface area contributed by atoms with Gasteiger partial charge in [0, 0.05) is 11.0 Å². The summed E-state index contributed by atoms with van der Waals surface area (Å²) in [5, 5.41) is 2.37. The fourth-order valence-electron chi connectivity index (χ4n) is 2.13. The molecule has 1 aromatic rings. The van der Waals surface area contributed by atoms with Gasteiger partial charge in [0.05, 0.1) is 11.6 Å². The average Bonchev–Trinajstić information content (AvgIpc) is 2.32. The van der Waals surface area contributed by atoms with Crippen molar-refractivity contribution in [2.45, 2.75) is 26.1 Å². The van der Waals surface area contributed by atoms with Crippen molar-refractivity contribution in [1.29, 1.82) is 0 Å². The number of ether oxygens (including phenoxy) is 1. The predicted molar refractivity (Wildman–Crippen MR) is 62.4 cm³/mol. The minimum Gasteiger partial charge on any atom is -0.449 e. The van der Waals surface area contributed by atoms with E-state index in [0.29, 0.717) is 6.07 Å². The van der Waals surface area contributed by atoms with Crippen molar-refractivity contribution in [2.75, 3.05) is 6.61 Å². The number of carbonyl (C=O) groups is 1. The fraction of sp³-hybridized carbons (Fsp3) is 0.462. The highest BCUT2D eigenvalue weighted by Gasteiger charge is 2.40. The second-order valence-corrected chi connectivity index (χ2v) is 5.38. The topological polar surface area (TPSA) is 38.3 Å². The Morgan fingerprint density at radius 2 is 2.00 bits per heavy atom. The standard InChI is InChI=1S/C13H13F4NO2/c1-12(2)6-20-11(19)18-10(12)8-5-7(13(15,16)17)3-4-9(8)14/h3-5,10H,6H2,1-2H3,(H,18,19)/t10-/m1/s1. The molecule has 3 nitrogen and oxygen atoms in total. The number of alkyl carbamates (subject to hydrolysis) is 1. The van der Waals surface area contributed by atoms with Crippen LogP contribution in [0.4, 0.5) is 22.4 Å². The highest BCUT2D eigenvalue weighted by molar-refractivity contribution is 5.69. The van der Waals surface area contributed by atoms with E-state index >= 15 is 0 Å². The van der Waals surface area contributed by atoms with Gasteiger partial charge in [-0.05, 0) is 18.2 Å². The summed E-state index contributed by atoms with van der Waals surface area (Å²) in [5.41, 5.74) is -1.87. The van der Waals surface area contributed by atoms with Gasteiger partial charge in [-0.3, -0.25) is 0 Å². The lowest BCUT2D eigenvalue weighted by molar-refractivity contribution is -0.137. The van der Waals surface area contributed by atoms with Crippen LogP contribution in [-0.2, 0) is 10.9 Å². The van der Waals surface area contributed by atoms with Crippen molar-refractivity contribution in [2.24, 2.45) is 5.41 Å². The summed E-state index contributed by atoms with van der Waals surface area (Å²) in [4.78, 5) is 11.2. The Kier molecular flexibility index (Phi) is 3.39. The van der Waals surface area contributed by atoms with Gasteiger partial charge >= 0.3 is 12.3 Å². The molecule has 1 amide bonds. The minimum absolute atomic E-state index is 0.000808. The Balaban J connectivity index is 2.47. The SMILES string of the molecule is CC1(C)COC(=O)N[C@@H]1c1cc(C(F)(F)F)ccc1F. The zero-order valence-electron chi connectivity index (χ0n) is 10.8. The molecule has 110 valence electrons. The largest absolute Gasteiger partial charge is 0.449 e. The zero-order valence-corrected chi connectivity index (χ0v) is 10.8. The number of hydrogen-bond acceptors (Lipinski definition) is 2. The Labute approximate surface area is 112 Å². The van der Waals surface area contributed by atoms with E-state index in [9.17, 15) is 22.4 Å². The first kappa shape index (κ1) is 14.6. The van der Waals surface area contributed by atoms with Gasteiger partial charge in [0.25, 0.3) is 0 Å². The molecule has 1 saturated heterocycles. The normalized spacial score (nSPS) is 22.1. The molecular formula is C13H13F4NO2. The summed E-state index contributed by atoms with van der Waals surface area (Å²) in [7, 11) is 0. The van der Waals surface area contributed by atoms with E-state index in [2.05, 4.69) is 5.32 Å². The molecule has 1 atom stereocenters. The predicted octanol–water partition coefficient (Wildman–Crippen LogP) is 3.65. The fourth-order valence-corrected chi connectivity index (χ4v) is 2.13. The summed E-state index contributed by atoms with van der Waals surface area (Å²) in [6.45, 7) is 3.35. The van der Waals surface area contributed by atoms with Crippen LogP contribution in [-0.4, -0.2) is 12.7 Å². The lowest BCUT2D eigenvalue weighted by atomic mass is 9.80. The molecule has 0 bridgehead atoms. The van der Waals surface area contributed by atoms with Gasteiger partial charge < -0.3 is 10.1 Å². The van der Waals surface area contributed by atoms with Gasteiger partial charge in [0.1, 0.15) is 12.4 Å². The van der Waals surface area contributed by atoms with Crippen LogP contribution >= 0.6 is 0 Å². The molecule has 0 spiro atoms. The summed E-state index contributed by atoms with van der Waals surface area (Å²) >= 11 is 0. The van der Waals surface area contributed by atoms with Crippen molar-refractivity contribution in [1.82, 2.24) is 5.32 Å². The molecule has 0 aliphatic carbocycles. The van der Waals surface area contributed by atoms with Gasteiger partial charge in [0.15, 0.2) is 0 Å².